The molecule has 0 radical (unpaired) electrons. The summed E-state index contributed by atoms with van der Waals surface area (Å²) in [6.07, 6.45) is 0.711. The molecule has 0 aliphatic rings. The molecule has 106 valence electrons. The third-order valence-corrected chi connectivity index (χ3v) is 3.60. The molecule has 0 spiro atoms. The Morgan fingerprint density at radius 1 is 1.15 bits per heavy atom. The maximum absolute atomic E-state index is 6.25. The van der Waals surface area contributed by atoms with Crippen LogP contribution in [0.5, 0.6) is 5.75 Å². The predicted molar refractivity (Wildman–Crippen MR) is 84.3 cm³/mol. The summed E-state index contributed by atoms with van der Waals surface area (Å²) in [5.41, 5.74) is 9.27. The molecule has 0 amide bonds. The molecule has 3 heteroatoms. The molecule has 1 unspecified atom stereocenters. The summed E-state index contributed by atoms with van der Waals surface area (Å²) in [6.45, 7) is 4.59. The van der Waals surface area contributed by atoms with Crippen LogP contribution in [0.1, 0.15) is 23.6 Å². The zero-order chi connectivity index (χ0) is 14.5. The lowest BCUT2D eigenvalue weighted by Crippen LogP contribution is -2.18. The van der Waals surface area contributed by atoms with Gasteiger partial charge < -0.3 is 10.5 Å². The van der Waals surface area contributed by atoms with Gasteiger partial charge in [0.25, 0.3) is 0 Å². The minimum atomic E-state index is 0.0516. The van der Waals surface area contributed by atoms with Crippen LogP contribution in [0.25, 0.3) is 0 Å². The van der Waals surface area contributed by atoms with E-state index in [0.717, 1.165) is 11.3 Å². The number of hydrogen-bond acceptors (Lipinski definition) is 2. The summed E-state index contributed by atoms with van der Waals surface area (Å²) in [6, 6.07) is 14.0. The van der Waals surface area contributed by atoms with Gasteiger partial charge in [0, 0.05) is 16.6 Å². The Morgan fingerprint density at radius 2 is 1.90 bits per heavy atom. The van der Waals surface area contributed by atoms with Gasteiger partial charge in [-0.2, -0.15) is 0 Å². The van der Waals surface area contributed by atoms with Gasteiger partial charge in [0.1, 0.15) is 12.4 Å². The van der Waals surface area contributed by atoms with E-state index in [0.29, 0.717) is 18.1 Å². The maximum atomic E-state index is 6.25. The van der Waals surface area contributed by atoms with Crippen molar-refractivity contribution in [3.05, 3.63) is 64.2 Å². The minimum absolute atomic E-state index is 0.0516. The largest absolute Gasteiger partial charge is 0.489 e. The van der Waals surface area contributed by atoms with Gasteiger partial charge >= 0.3 is 0 Å². The van der Waals surface area contributed by atoms with Gasteiger partial charge in [-0.1, -0.05) is 41.9 Å². The number of ether oxygens (including phenoxy) is 1. The number of aryl methyl sites for hydroxylation is 1. The van der Waals surface area contributed by atoms with Crippen LogP contribution >= 0.6 is 11.6 Å². The molecule has 2 aromatic carbocycles. The first-order valence-corrected chi connectivity index (χ1v) is 7.16. The van der Waals surface area contributed by atoms with Gasteiger partial charge in [0.05, 0.1) is 0 Å². The minimum Gasteiger partial charge on any atom is -0.489 e. The standard InChI is InChI=1S/C17H20ClNO/c1-12-6-3-4-7-14(12)11-20-17-9-5-8-16(18)15(17)10-13(2)19/h3-9,13H,10-11,19H2,1-2H3. The molecule has 0 aromatic heterocycles. The monoisotopic (exact) mass is 289 g/mol. The van der Waals surface area contributed by atoms with Crippen molar-refractivity contribution < 1.29 is 4.74 Å². The van der Waals surface area contributed by atoms with Gasteiger partial charge in [-0.3, -0.25) is 0 Å². The normalized spacial score (nSPS) is 12.2. The summed E-state index contributed by atoms with van der Waals surface area (Å²) in [4.78, 5) is 0. The summed E-state index contributed by atoms with van der Waals surface area (Å²) >= 11 is 6.25. The fourth-order valence-corrected chi connectivity index (χ4v) is 2.36. The maximum Gasteiger partial charge on any atom is 0.124 e. The lowest BCUT2D eigenvalue weighted by molar-refractivity contribution is 0.301. The molecule has 2 N–H and O–H groups in total. The Hall–Kier alpha value is -1.51. The highest BCUT2D eigenvalue weighted by Gasteiger charge is 2.10. The Kier molecular flexibility index (Phi) is 5.05. The smallest absolute Gasteiger partial charge is 0.124 e. The SMILES string of the molecule is Cc1ccccc1COc1cccc(Cl)c1CC(C)N. The van der Waals surface area contributed by atoms with Crippen molar-refractivity contribution in [2.75, 3.05) is 0 Å². The highest BCUT2D eigenvalue weighted by Crippen LogP contribution is 2.28. The zero-order valence-electron chi connectivity index (χ0n) is 11.9. The van der Waals surface area contributed by atoms with Crippen LogP contribution in [0.4, 0.5) is 0 Å². The molecule has 1 atom stereocenters. The molecule has 0 aliphatic carbocycles. The summed E-state index contributed by atoms with van der Waals surface area (Å²) in [5.74, 6) is 0.818. The van der Waals surface area contributed by atoms with E-state index in [1.807, 2.05) is 37.3 Å². The number of hydrogen-bond donors (Lipinski definition) is 1. The zero-order valence-corrected chi connectivity index (χ0v) is 12.7. The van der Waals surface area contributed by atoms with E-state index in [1.165, 1.54) is 11.1 Å². The average molecular weight is 290 g/mol. The van der Waals surface area contributed by atoms with E-state index in [9.17, 15) is 0 Å². The predicted octanol–water partition coefficient (Wildman–Crippen LogP) is 4.12. The second-order valence-electron chi connectivity index (χ2n) is 5.11. The topological polar surface area (TPSA) is 35.2 Å². The molecule has 20 heavy (non-hydrogen) atoms. The fourth-order valence-electron chi connectivity index (χ4n) is 2.12. The van der Waals surface area contributed by atoms with Crippen molar-refractivity contribution in [1.29, 1.82) is 0 Å². The molecule has 2 aromatic rings. The summed E-state index contributed by atoms with van der Waals surface area (Å²) in [7, 11) is 0. The van der Waals surface area contributed by atoms with Gasteiger partial charge in [-0.05, 0) is 43.5 Å². The number of nitrogens with two attached hydrogens (primary N) is 1. The highest BCUT2D eigenvalue weighted by molar-refractivity contribution is 6.31. The van der Waals surface area contributed by atoms with Crippen molar-refractivity contribution in [3.8, 4) is 5.75 Å². The first-order chi connectivity index (χ1) is 9.58. The number of rotatable bonds is 5. The van der Waals surface area contributed by atoms with Gasteiger partial charge in [0.2, 0.25) is 0 Å². The first-order valence-electron chi connectivity index (χ1n) is 6.78. The van der Waals surface area contributed by atoms with Crippen molar-refractivity contribution in [2.45, 2.75) is 32.9 Å². The average Bonchev–Trinajstić information content (AvgIpc) is 2.41. The van der Waals surface area contributed by atoms with Gasteiger partial charge in [-0.25, -0.2) is 0 Å². The van der Waals surface area contributed by atoms with Crippen LogP contribution in [-0.4, -0.2) is 6.04 Å². The van der Waals surface area contributed by atoms with E-state index >= 15 is 0 Å². The number of halogens is 1. The summed E-state index contributed by atoms with van der Waals surface area (Å²) in [5, 5.41) is 0.713. The van der Waals surface area contributed by atoms with Crippen molar-refractivity contribution in [3.63, 3.8) is 0 Å². The van der Waals surface area contributed by atoms with Crippen molar-refractivity contribution in [2.24, 2.45) is 5.73 Å². The third-order valence-electron chi connectivity index (χ3n) is 3.25. The second-order valence-corrected chi connectivity index (χ2v) is 5.52. The van der Waals surface area contributed by atoms with Gasteiger partial charge in [-0.15, -0.1) is 0 Å². The lowest BCUT2D eigenvalue weighted by Gasteiger charge is -2.15. The van der Waals surface area contributed by atoms with Crippen LogP contribution in [0.15, 0.2) is 42.5 Å². The molecule has 2 nitrogen and oxygen atoms in total. The van der Waals surface area contributed by atoms with Crippen molar-refractivity contribution in [1.82, 2.24) is 0 Å². The molecule has 2 rings (SSSR count). The molecular weight excluding hydrogens is 270 g/mol. The fraction of sp³-hybridized carbons (Fsp3) is 0.294. The first kappa shape index (κ1) is 14.9. The molecule has 0 bridgehead atoms. The van der Waals surface area contributed by atoms with E-state index in [4.69, 9.17) is 22.1 Å². The molecular formula is C17H20ClNO. The Morgan fingerprint density at radius 3 is 2.60 bits per heavy atom. The van der Waals surface area contributed by atoms with Crippen LogP contribution in [0, 0.1) is 6.92 Å². The van der Waals surface area contributed by atoms with Crippen LogP contribution in [0.3, 0.4) is 0 Å². The molecule has 0 heterocycles. The Bertz CT molecular complexity index is 581. The van der Waals surface area contributed by atoms with E-state index in [-0.39, 0.29) is 6.04 Å². The molecule has 0 aliphatic heterocycles. The van der Waals surface area contributed by atoms with Crippen LogP contribution in [0.2, 0.25) is 5.02 Å². The molecule has 0 fully saturated rings. The third kappa shape index (κ3) is 3.75. The van der Waals surface area contributed by atoms with Crippen LogP contribution in [-0.2, 0) is 13.0 Å². The number of benzene rings is 2. The summed E-state index contributed by atoms with van der Waals surface area (Å²) < 4.78 is 5.95. The lowest BCUT2D eigenvalue weighted by atomic mass is 10.1. The Labute approximate surface area is 125 Å². The second kappa shape index (κ2) is 6.78. The van der Waals surface area contributed by atoms with Crippen LogP contribution < -0.4 is 10.5 Å². The van der Waals surface area contributed by atoms with Gasteiger partial charge in [0.15, 0.2) is 0 Å². The van der Waals surface area contributed by atoms with E-state index in [2.05, 4.69) is 19.1 Å². The quantitative estimate of drug-likeness (QED) is 0.899. The van der Waals surface area contributed by atoms with Crippen molar-refractivity contribution >= 4 is 11.6 Å². The Balaban J connectivity index is 2.17. The van der Waals surface area contributed by atoms with E-state index < -0.39 is 0 Å². The molecule has 0 saturated carbocycles. The highest BCUT2D eigenvalue weighted by atomic mass is 35.5. The molecule has 0 saturated heterocycles. The van der Waals surface area contributed by atoms with E-state index in [1.54, 1.807) is 0 Å².